The van der Waals surface area contributed by atoms with Gasteiger partial charge in [0.25, 0.3) is 0 Å². The van der Waals surface area contributed by atoms with Crippen molar-refractivity contribution in [3.63, 3.8) is 0 Å². The molecule has 0 aliphatic heterocycles. The van der Waals surface area contributed by atoms with E-state index in [9.17, 15) is 8.78 Å². The molecule has 164 valence electrons. The molecule has 1 N–H and O–H groups in total. The topological polar surface area (TPSA) is 54.5 Å². The van der Waals surface area contributed by atoms with Crippen LogP contribution in [0.4, 0.5) is 8.78 Å². The quantitative estimate of drug-likeness (QED) is 0.378. The molecule has 0 bridgehead atoms. The summed E-state index contributed by atoms with van der Waals surface area (Å²) in [5.41, 5.74) is 4.63. The van der Waals surface area contributed by atoms with Gasteiger partial charge in [0.2, 0.25) is 11.9 Å². The fourth-order valence-corrected chi connectivity index (χ4v) is 3.58. The van der Waals surface area contributed by atoms with Gasteiger partial charge < -0.3 is 4.98 Å². The Labute approximate surface area is 186 Å². The maximum absolute atomic E-state index is 14.2. The van der Waals surface area contributed by atoms with Crippen LogP contribution in [0.3, 0.4) is 0 Å². The van der Waals surface area contributed by atoms with Gasteiger partial charge in [-0.2, -0.15) is 13.8 Å². The number of pyridine rings is 3. The summed E-state index contributed by atoms with van der Waals surface area (Å²) < 4.78 is 27.4. The van der Waals surface area contributed by atoms with Crippen molar-refractivity contribution >= 4 is 0 Å². The first kappa shape index (κ1) is 21.8. The van der Waals surface area contributed by atoms with Gasteiger partial charge in [0.1, 0.15) is 0 Å². The maximum atomic E-state index is 14.2. The Morgan fingerprint density at radius 1 is 0.750 bits per heavy atom. The number of hydrogen-bond donors (Lipinski definition) is 1. The van der Waals surface area contributed by atoms with Crippen LogP contribution in [0.5, 0.6) is 0 Å². The van der Waals surface area contributed by atoms with Gasteiger partial charge in [-0.3, -0.25) is 9.97 Å². The lowest BCUT2D eigenvalue weighted by molar-refractivity contribution is 0.514. The minimum atomic E-state index is -0.881. The summed E-state index contributed by atoms with van der Waals surface area (Å²) in [4.78, 5) is 16.2. The number of hydrogen-bond acceptors (Lipinski definition) is 3. The number of H-pyrrole nitrogens is 1. The van der Waals surface area contributed by atoms with Crippen LogP contribution in [0.25, 0.3) is 22.6 Å². The summed E-state index contributed by atoms with van der Waals surface area (Å²) in [6.45, 7) is 10.6. The first-order valence-corrected chi connectivity index (χ1v) is 10.5. The Bertz CT molecular complexity index is 1270. The summed E-state index contributed by atoms with van der Waals surface area (Å²) in [7, 11) is 0. The zero-order valence-corrected chi connectivity index (χ0v) is 18.9. The molecule has 0 aliphatic rings. The molecule has 0 saturated carbocycles. The van der Waals surface area contributed by atoms with E-state index in [1.54, 1.807) is 6.07 Å². The Hall–Kier alpha value is -3.41. The molecule has 0 radical (unpaired) electrons. The summed E-state index contributed by atoms with van der Waals surface area (Å²) in [5, 5.41) is 0. The summed E-state index contributed by atoms with van der Waals surface area (Å²) >= 11 is 0. The molecule has 4 aromatic heterocycles. The lowest BCUT2D eigenvalue weighted by Crippen LogP contribution is -2.22. The third-order valence-corrected chi connectivity index (χ3v) is 5.69. The zero-order chi connectivity index (χ0) is 23.1. The largest absolute Gasteiger partial charge is 0.360 e. The second kappa shape index (κ2) is 7.93. The molecule has 6 heteroatoms. The minimum Gasteiger partial charge on any atom is -0.360 e. The first-order chi connectivity index (χ1) is 15.1. The monoisotopic (exact) mass is 432 g/mol. The standard InChI is InChI=1S/C26H26F2N4/c1-25(2,3)16-14-20(29-15-16)19-9-7-11-22(31-19)26(4,5)21-10-6-8-18(30-21)17-12-13-23(27)32-24(17)28/h6-15,29H,1-5H3. The van der Waals surface area contributed by atoms with Gasteiger partial charge in [-0.1, -0.05) is 32.9 Å². The normalized spacial score (nSPS) is 12.2. The highest BCUT2D eigenvalue weighted by molar-refractivity contribution is 5.60. The lowest BCUT2D eigenvalue weighted by Gasteiger charge is -2.24. The SMILES string of the molecule is CC(C)(C)c1c[nH]c(-c2cccc(C(C)(C)c3cccc(-c4ccc(F)nc4F)n3)n2)c1. The number of aromatic amines is 1. The molecule has 4 aromatic rings. The van der Waals surface area contributed by atoms with Crippen LogP contribution >= 0.6 is 0 Å². The van der Waals surface area contributed by atoms with Gasteiger partial charge in [0, 0.05) is 11.6 Å². The van der Waals surface area contributed by atoms with Crippen molar-refractivity contribution in [3.05, 3.63) is 89.6 Å². The second-order valence-electron chi connectivity index (χ2n) is 9.47. The molecule has 0 spiro atoms. The van der Waals surface area contributed by atoms with Gasteiger partial charge in [-0.05, 0) is 67.3 Å². The van der Waals surface area contributed by atoms with E-state index in [4.69, 9.17) is 4.98 Å². The number of nitrogens with one attached hydrogen (secondary N) is 1. The third-order valence-electron chi connectivity index (χ3n) is 5.69. The molecular weight excluding hydrogens is 406 g/mol. The lowest BCUT2D eigenvalue weighted by atomic mass is 9.84. The Morgan fingerprint density at radius 2 is 1.38 bits per heavy atom. The van der Waals surface area contributed by atoms with Crippen LogP contribution in [-0.2, 0) is 10.8 Å². The highest BCUT2D eigenvalue weighted by atomic mass is 19.1. The van der Waals surface area contributed by atoms with Crippen molar-refractivity contribution in [2.75, 3.05) is 0 Å². The third kappa shape index (κ3) is 4.17. The van der Waals surface area contributed by atoms with Gasteiger partial charge in [-0.15, -0.1) is 0 Å². The van der Waals surface area contributed by atoms with Crippen LogP contribution in [0.1, 0.15) is 51.6 Å². The number of rotatable bonds is 4. The summed E-state index contributed by atoms with van der Waals surface area (Å²) in [6, 6.07) is 15.9. The van der Waals surface area contributed by atoms with Crippen molar-refractivity contribution < 1.29 is 8.78 Å². The minimum absolute atomic E-state index is 0.0421. The molecule has 0 saturated heterocycles. The Morgan fingerprint density at radius 3 is 1.97 bits per heavy atom. The highest BCUT2D eigenvalue weighted by Gasteiger charge is 2.27. The molecule has 0 amide bonds. The molecular formula is C26H26F2N4. The Kier molecular flexibility index (Phi) is 5.41. The molecule has 4 heterocycles. The van der Waals surface area contributed by atoms with Gasteiger partial charge in [-0.25, -0.2) is 0 Å². The molecule has 0 atom stereocenters. The first-order valence-electron chi connectivity index (χ1n) is 10.5. The van der Waals surface area contributed by atoms with Crippen LogP contribution < -0.4 is 0 Å². The molecule has 0 aliphatic carbocycles. The fraction of sp³-hybridized carbons (Fsp3) is 0.269. The van der Waals surface area contributed by atoms with Crippen molar-refractivity contribution in [3.8, 4) is 22.6 Å². The predicted octanol–water partition coefficient (Wildman–Crippen LogP) is 6.44. The number of halogens is 2. The van der Waals surface area contributed by atoms with E-state index in [-0.39, 0.29) is 11.0 Å². The van der Waals surface area contributed by atoms with Crippen LogP contribution in [0.2, 0.25) is 0 Å². The smallest absolute Gasteiger partial charge is 0.224 e. The second-order valence-corrected chi connectivity index (χ2v) is 9.47. The highest BCUT2D eigenvalue weighted by Crippen LogP contribution is 2.33. The van der Waals surface area contributed by atoms with Gasteiger partial charge in [0.15, 0.2) is 0 Å². The van der Waals surface area contributed by atoms with E-state index in [2.05, 4.69) is 41.8 Å². The van der Waals surface area contributed by atoms with Gasteiger partial charge >= 0.3 is 0 Å². The molecule has 0 unspecified atom stereocenters. The zero-order valence-electron chi connectivity index (χ0n) is 18.9. The van der Waals surface area contributed by atoms with Gasteiger partial charge in [0.05, 0.1) is 34.0 Å². The maximum Gasteiger partial charge on any atom is 0.224 e. The van der Waals surface area contributed by atoms with E-state index in [0.29, 0.717) is 5.69 Å². The molecule has 4 rings (SSSR count). The van der Waals surface area contributed by atoms with E-state index in [1.165, 1.54) is 11.6 Å². The van der Waals surface area contributed by atoms with E-state index < -0.39 is 17.3 Å². The van der Waals surface area contributed by atoms with Crippen molar-refractivity contribution in [1.29, 1.82) is 0 Å². The average Bonchev–Trinajstić information content (AvgIpc) is 3.25. The van der Waals surface area contributed by atoms with Crippen LogP contribution in [0.15, 0.2) is 60.8 Å². The predicted molar refractivity (Wildman–Crippen MR) is 122 cm³/mol. The van der Waals surface area contributed by atoms with Crippen molar-refractivity contribution in [2.45, 2.75) is 45.4 Å². The average molecular weight is 433 g/mol. The Balaban J connectivity index is 1.71. The van der Waals surface area contributed by atoms with Crippen LogP contribution in [0, 0.1) is 11.9 Å². The fourth-order valence-electron chi connectivity index (χ4n) is 3.58. The van der Waals surface area contributed by atoms with E-state index in [0.717, 1.165) is 28.8 Å². The van der Waals surface area contributed by atoms with Crippen LogP contribution in [-0.4, -0.2) is 19.9 Å². The van der Waals surface area contributed by atoms with Crippen molar-refractivity contribution in [1.82, 2.24) is 19.9 Å². The molecule has 0 aromatic carbocycles. The number of nitrogens with zero attached hydrogens (tertiary/aromatic N) is 3. The summed E-state index contributed by atoms with van der Waals surface area (Å²) in [6.07, 6.45) is 2.02. The molecule has 0 fully saturated rings. The summed E-state index contributed by atoms with van der Waals surface area (Å²) in [5.74, 6) is -1.74. The van der Waals surface area contributed by atoms with Crippen molar-refractivity contribution in [2.24, 2.45) is 0 Å². The number of aromatic nitrogens is 4. The molecule has 32 heavy (non-hydrogen) atoms. The molecule has 4 nitrogen and oxygen atoms in total. The van der Waals surface area contributed by atoms with E-state index >= 15 is 0 Å². The van der Waals surface area contributed by atoms with E-state index in [1.807, 2.05) is 50.4 Å².